The normalized spacial score (nSPS) is 23.1. The third kappa shape index (κ3) is 3.44. The minimum absolute atomic E-state index is 0.178. The van der Waals surface area contributed by atoms with E-state index in [0.717, 1.165) is 22.7 Å². The largest absolute Gasteiger partial charge is 0.406 e. The first-order chi connectivity index (χ1) is 10.8. The number of halogens is 3. The van der Waals surface area contributed by atoms with Crippen LogP contribution in [0.1, 0.15) is 12.0 Å². The Balaban J connectivity index is 1.74. The summed E-state index contributed by atoms with van der Waals surface area (Å²) in [5, 5.41) is 0. The zero-order chi connectivity index (χ0) is 16.6. The van der Waals surface area contributed by atoms with Gasteiger partial charge in [-0.25, -0.2) is 0 Å². The van der Waals surface area contributed by atoms with Crippen LogP contribution in [0.3, 0.4) is 0 Å². The van der Waals surface area contributed by atoms with Gasteiger partial charge >= 0.3 is 6.18 Å². The first-order valence-corrected chi connectivity index (χ1v) is 7.74. The predicted octanol–water partition coefficient (Wildman–Crippen LogP) is 2.10. The number of benzene rings is 1. The number of para-hydroxylation sites is 1. The Morgan fingerprint density at radius 3 is 2.65 bits per heavy atom. The summed E-state index contributed by atoms with van der Waals surface area (Å²) in [7, 11) is 1.99. The van der Waals surface area contributed by atoms with Gasteiger partial charge in [-0.3, -0.25) is 9.69 Å². The van der Waals surface area contributed by atoms with Gasteiger partial charge in [0.15, 0.2) is 0 Å². The monoisotopic (exact) mass is 327 g/mol. The van der Waals surface area contributed by atoms with Gasteiger partial charge in [0.05, 0.1) is 6.04 Å². The van der Waals surface area contributed by atoms with Crippen molar-refractivity contribution in [2.75, 3.05) is 38.1 Å². The lowest BCUT2D eigenvalue weighted by Gasteiger charge is -2.26. The molecule has 1 fully saturated rings. The number of nitrogens with zero attached hydrogens (tertiary/aromatic N) is 3. The summed E-state index contributed by atoms with van der Waals surface area (Å²) in [6.07, 6.45) is -3.88. The molecular formula is C16H20F3N3O. The Bertz CT molecular complexity index is 590. The van der Waals surface area contributed by atoms with Crippen molar-refractivity contribution in [3.8, 4) is 0 Å². The van der Waals surface area contributed by atoms with Crippen LogP contribution in [0.2, 0.25) is 0 Å². The lowest BCUT2D eigenvalue weighted by molar-refractivity contribution is -0.159. The van der Waals surface area contributed by atoms with Gasteiger partial charge in [0.2, 0.25) is 5.91 Å². The fourth-order valence-electron chi connectivity index (χ4n) is 3.41. The number of alkyl halides is 3. The van der Waals surface area contributed by atoms with Crippen LogP contribution in [0.5, 0.6) is 0 Å². The van der Waals surface area contributed by atoms with Crippen LogP contribution in [0, 0.1) is 0 Å². The third-order valence-corrected chi connectivity index (χ3v) is 4.58. The fourth-order valence-corrected chi connectivity index (χ4v) is 3.41. The average Bonchev–Trinajstić information content (AvgIpc) is 2.73. The van der Waals surface area contributed by atoms with E-state index in [4.69, 9.17) is 0 Å². The molecule has 2 aliphatic rings. The van der Waals surface area contributed by atoms with Crippen LogP contribution < -0.4 is 4.90 Å². The highest BCUT2D eigenvalue weighted by molar-refractivity contribution is 5.84. The molecule has 0 N–H and O–H groups in total. The van der Waals surface area contributed by atoms with Gasteiger partial charge in [0.1, 0.15) is 6.54 Å². The highest BCUT2D eigenvalue weighted by atomic mass is 19.4. The molecule has 0 bridgehead atoms. The third-order valence-electron chi connectivity index (χ3n) is 4.58. The Hall–Kier alpha value is -1.76. The van der Waals surface area contributed by atoms with Gasteiger partial charge in [-0.05, 0) is 18.1 Å². The molecule has 1 saturated heterocycles. The maximum absolute atomic E-state index is 12.5. The molecule has 3 rings (SSSR count). The molecular weight excluding hydrogens is 307 g/mol. The Morgan fingerprint density at radius 2 is 1.91 bits per heavy atom. The van der Waals surface area contributed by atoms with Crippen molar-refractivity contribution in [1.82, 2.24) is 9.80 Å². The van der Waals surface area contributed by atoms with Crippen molar-refractivity contribution in [3.05, 3.63) is 29.8 Å². The molecule has 0 spiro atoms. The first kappa shape index (κ1) is 16.1. The van der Waals surface area contributed by atoms with E-state index < -0.39 is 24.7 Å². The van der Waals surface area contributed by atoms with Gasteiger partial charge < -0.3 is 9.80 Å². The van der Waals surface area contributed by atoms with Gasteiger partial charge in [-0.1, -0.05) is 18.2 Å². The second kappa shape index (κ2) is 6.03. The second-order valence-corrected chi connectivity index (χ2v) is 6.20. The van der Waals surface area contributed by atoms with Crippen LogP contribution in [0.25, 0.3) is 0 Å². The number of fused-ring (bicyclic) bond motifs is 1. The summed E-state index contributed by atoms with van der Waals surface area (Å²) in [6, 6.07) is 7.51. The van der Waals surface area contributed by atoms with Crippen molar-refractivity contribution in [2.24, 2.45) is 0 Å². The first-order valence-electron chi connectivity index (χ1n) is 7.74. The molecule has 1 atom stereocenters. The van der Waals surface area contributed by atoms with E-state index in [0.29, 0.717) is 19.5 Å². The van der Waals surface area contributed by atoms with Crippen molar-refractivity contribution < 1.29 is 18.0 Å². The zero-order valence-electron chi connectivity index (χ0n) is 13.0. The van der Waals surface area contributed by atoms with E-state index in [9.17, 15) is 18.0 Å². The molecule has 1 aromatic rings. The standard InChI is InChI=1S/C16H20F3N3O/c1-20-8-9-21(10-12-4-2-3-5-13(12)20)14-6-7-22(15(14)23)11-16(17,18)19/h2-5,14H,6-11H2,1H3/t14-/m0/s1. The topological polar surface area (TPSA) is 26.8 Å². The highest BCUT2D eigenvalue weighted by Gasteiger charge is 2.41. The SMILES string of the molecule is CN1CCN([C@H]2CCN(CC(F)(F)F)C2=O)Cc2ccccc21. The number of carbonyl (C=O) groups excluding carboxylic acids is 1. The minimum Gasteiger partial charge on any atom is -0.373 e. The number of likely N-dealkylation sites (N-methyl/N-ethyl adjacent to an activating group) is 1. The lowest BCUT2D eigenvalue weighted by Crippen LogP contribution is -2.44. The van der Waals surface area contributed by atoms with Crippen molar-refractivity contribution in [2.45, 2.75) is 25.2 Å². The molecule has 0 saturated carbocycles. The molecule has 0 aromatic heterocycles. The molecule has 7 heteroatoms. The summed E-state index contributed by atoms with van der Waals surface area (Å²) >= 11 is 0. The van der Waals surface area contributed by atoms with Gasteiger partial charge in [0.25, 0.3) is 0 Å². The van der Waals surface area contributed by atoms with Crippen LogP contribution in [0.15, 0.2) is 24.3 Å². The number of likely N-dealkylation sites (tertiary alicyclic amines) is 1. The van der Waals surface area contributed by atoms with Crippen LogP contribution in [-0.4, -0.2) is 61.2 Å². The van der Waals surface area contributed by atoms with Crippen molar-refractivity contribution >= 4 is 11.6 Å². The molecule has 126 valence electrons. The number of carbonyl (C=O) groups is 1. The van der Waals surface area contributed by atoms with E-state index in [1.54, 1.807) is 0 Å². The van der Waals surface area contributed by atoms with E-state index in [1.807, 2.05) is 36.2 Å². The molecule has 0 unspecified atom stereocenters. The van der Waals surface area contributed by atoms with E-state index >= 15 is 0 Å². The quantitative estimate of drug-likeness (QED) is 0.832. The van der Waals surface area contributed by atoms with E-state index in [-0.39, 0.29) is 6.54 Å². The van der Waals surface area contributed by atoms with Crippen molar-refractivity contribution in [3.63, 3.8) is 0 Å². The molecule has 4 nitrogen and oxygen atoms in total. The summed E-state index contributed by atoms with van der Waals surface area (Å²) < 4.78 is 37.6. The molecule has 0 aliphatic carbocycles. The lowest BCUT2D eigenvalue weighted by atomic mass is 10.1. The smallest absolute Gasteiger partial charge is 0.373 e. The Kier molecular flexibility index (Phi) is 4.23. The summed E-state index contributed by atoms with van der Waals surface area (Å²) in [5.74, 6) is -0.399. The summed E-state index contributed by atoms with van der Waals surface area (Å²) in [6.45, 7) is 1.04. The zero-order valence-corrected chi connectivity index (χ0v) is 13.0. The van der Waals surface area contributed by atoms with Gasteiger partial charge in [-0.15, -0.1) is 0 Å². The Morgan fingerprint density at radius 1 is 1.17 bits per heavy atom. The Labute approximate surface area is 133 Å². The van der Waals surface area contributed by atoms with Crippen molar-refractivity contribution in [1.29, 1.82) is 0 Å². The van der Waals surface area contributed by atoms with E-state index in [1.165, 1.54) is 0 Å². The molecule has 23 heavy (non-hydrogen) atoms. The highest BCUT2D eigenvalue weighted by Crippen LogP contribution is 2.28. The van der Waals surface area contributed by atoms with Crippen LogP contribution >= 0.6 is 0 Å². The predicted molar refractivity (Wildman–Crippen MR) is 81.2 cm³/mol. The fraction of sp³-hybridized carbons (Fsp3) is 0.562. The number of anilines is 1. The summed E-state index contributed by atoms with van der Waals surface area (Å²) in [5.41, 5.74) is 2.22. The molecule has 0 radical (unpaired) electrons. The van der Waals surface area contributed by atoms with Crippen LogP contribution in [-0.2, 0) is 11.3 Å². The summed E-state index contributed by atoms with van der Waals surface area (Å²) in [4.78, 5) is 17.4. The van der Waals surface area contributed by atoms with E-state index in [2.05, 4.69) is 4.90 Å². The number of hydrogen-bond donors (Lipinski definition) is 0. The maximum atomic E-state index is 12.5. The number of amides is 1. The van der Waals surface area contributed by atoms with Gasteiger partial charge in [0, 0.05) is 38.9 Å². The van der Waals surface area contributed by atoms with Gasteiger partial charge in [-0.2, -0.15) is 13.2 Å². The molecule has 1 amide bonds. The molecule has 2 heterocycles. The average molecular weight is 327 g/mol. The molecule has 1 aromatic carbocycles. The molecule has 2 aliphatic heterocycles. The minimum atomic E-state index is -4.34. The maximum Gasteiger partial charge on any atom is 0.406 e. The second-order valence-electron chi connectivity index (χ2n) is 6.20. The number of hydrogen-bond acceptors (Lipinski definition) is 3. The van der Waals surface area contributed by atoms with Crippen LogP contribution in [0.4, 0.5) is 18.9 Å². The number of rotatable bonds is 2.